The van der Waals surface area contributed by atoms with Gasteiger partial charge in [-0.15, -0.1) is 0 Å². The summed E-state index contributed by atoms with van der Waals surface area (Å²) in [5.74, 6) is 7.92. The Kier molecular flexibility index (Phi) is 3.86. The third kappa shape index (κ3) is 2.37. The normalized spacial score (nSPS) is 17.4. The van der Waals surface area contributed by atoms with E-state index in [4.69, 9.17) is 15.3 Å². The van der Waals surface area contributed by atoms with E-state index >= 15 is 0 Å². The van der Waals surface area contributed by atoms with Gasteiger partial charge in [0.05, 0.1) is 20.3 Å². The molecular formula is C13H20N2O2. The number of benzene rings is 1. The third-order valence-corrected chi connectivity index (χ3v) is 3.58. The lowest BCUT2D eigenvalue weighted by atomic mass is 9.77. The molecule has 17 heavy (non-hydrogen) atoms. The standard InChI is InChI=1S/C13H20N2O2/c1-16-10-6-7-11(12(8-10)17-2)13(15-14)9-4-3-5-9/h6-9,13,15H,3-5,14H2,1-2H3. The summed E-state index contributed by atoms with van der Waals surface area (Å²) in [5, 5.41) is 0. The average Bonchev–Trinajstić information content (AvgIpc) is 2.32. The number of methoxy groups -OCH3 is 2. The first kappa shape index (κ1) is 12.2. The highest BCUT2D eigenvalue weighted by Crippen LogP contribution is 2.41. The first-order valence-corrected chi connectivity index (χ1v) is 5.98. The van der Waals surface area contributed by atoms with Crippen molar-refractivity contribution in [2.75, 3.05) is 14.2 Å². The minimum Gasteiger partial charge on any atom is -0.497 e. The van der Waals surface area contributed by atoms with Crippen LogP contribution in [0.3, 0.4) is 0 Å². The number of hydrogen-bond acceptors (Lipinski definition) is 4. The summed E-state index contributed by atoms with van der Waals surface area (Å²) in [6, 6.07) is 6.05. The minimum absolute atomic E-state index is 0.171. The van der Waals surface area contributed by atoms with Crippen LogP contribution in [0.1, 0.15) is 30.9 Å². The molecule has 0 saturated heterocycles. The van der Waals surface area contributed by atoms with Crippen LogP contribution < -0.4 is 20.7 Å². The lowest BCUT2D eigenvalue weighted by molar-refractivity contribution is 0.227. The molecule has 0 spiro atoms. The van der Waals surface area contributed by atoms with E-state index in [1.807, 2.05) is 18.2 Å². The van der Waals surface area contributed by atoms with Crippen LogP contribution in [-0.2, 0) is 0 Å². The number of nitrogens with one attached hydrogen (secondary N) is 1. The van der Waals surface area contributed by atoms with Gasteiger partial charge in [0.15, 0.2) is 0 Å². The molecule has 1 fully saturated rings. The second kappa shape index (κ2) is 5.38. The second-order valence-electron chi connectivity index (χ2n) is 4.44. The van der Waals surface area contributed by atoms with Crippen molar-refractivity contribution in [3.8, 4) is 11.5 Å². The van der Waals surface area contributed by atoms with E-state index < -0.39 is 0 Å². The van der Waals surface area contributed by atoms with Gasteiger partial charge in [0.2, 0.25) is 0 Å². The van der Waals surface area contributed by atoms with Crippen LogP contribution in [0, 0.1) is 5.92 Å². The number of rotatable bonds is 5. The predicted molar refractivity (Wildman–Crippen MR) is 67.0 cm³/mol. The Labute approximate surface area is 102 Å². The summed E-state index contributed by atoms with van der Waals surface area (Å²) in [5.41, 5.74) is 4.02. The molecule has 1 unspecified atom stereocenters. The van der Waals surface area contributed by atoms with Crippen molar-refractivity contribution in [2.24, 2.45) is 11.8 Å². The van der Waals surface area contributed by atoms with Crippen molar-refractivity contribution in [2.45, 2.75) is 25.3 Å². The molecule has 1 aliphatic rings. The van der Waals surface area contributed by atoms with Crippen molar-refractivity contribution in [3.05, 3.63) is 23.8 Å². The highest BCUT2D eigenvalue weighted by Gasteiger charge is 2.29. The van der Waals surface area contributed by atoms with E-state index in [1.165, 1.54) is 19.3 Å². The summed E-state index contributed by atoms with van der Waals surface area (Å²) in [7, 11) is 3.33. The molecule has 0 bridgehead atoms. The van der Waals surface area contributed by atoms with Gasteiger partial charge in [-0.1, -0.05) is 12.5 Å². The molecule has 0 radical (unpaired) electrons. The average molecular weight is 236 g/mol. The highest BCUT2D eigenvalue weighted by molar-refractivity contribution is 5.42. The van der Waals surface area contributed by atoms with E-state index in [0.717, 1.165) is 17.1 Å². The molecule has 94 valence electrons. The van der Waals surface area contributed by atoms with E-state index in [9.17, 15) is 0 Å². The zero-order valence-corrected chi connectivity index (χ0v) is 10.4. The minimum atomic E-state index is 0.171. The SMILES string of the molecule is COc1ccc(C(NN)C2CCC2)c(OC)c1. The van der Waals surface area contributed by atoms with E-state index in [2.05, 4.69) is 5.43 Å². The molecule has 1 aromatic carbocycles. The summed E-state index contributed by atoms with van der Waals surface area (Å²) < 4.78 is 10.6. The van der Waals surface area contributed by atoms with Crippen molar-refractivity contribution < 1.29 is 9.47 Å². The number of ether oxygens (including phenoxy) is 2. The molecule has 0 amide bonds. The highest BCUT2D eigenvalue weighted by atomic mass is 16.5. The maximum absolute atomic E-state index is 5.67. The van der Waals surface area contributed by atoms with Crippen molar-refractivity contribution in [1.29, 1.82) is 0 Å². The molecule has 0 aromatic heterocycles. The fourth-order valence-electron chi connectivity index (χ4n) is 2.33. The Balaban J connectivity index is 2.28. The molecule has 0 aliphatic heterocycles. The number of hydrogen-bond donors (Lipinski definition) is 2. The summed E-state index contributed by atoms with van der Waals surface area (Å²) >= 11 is 0. The maximum atomic E-state index is 5.67. The molecule has 1 aliphatic carbocycles. The molecule has 4 heteroatoms. The second-order valence-corrected chi connectivity index (χ2v) is 4.44. The smallest absolute Gasteiger partial charge is 0.127 e. The Morgan fingerprint density at radius 2 is 2.06 bits per heavy atom. The van der Waals surface area contributed by atoms with Crippen LogP contribution in [0.15, 0.2) is 18.2 Å². The van der Waals surface area contributed by atoms with Gasteiger partial charge in [0.25, 0.3) is 0 Å². The Bertz CT molecular complexity index is 378. The Hall–Kier alpha value is -1.26. The van der Waals surface area contributed by atoms with Crippen molar-refractivity contribution >= 4 is 0 Å². The fraction of sp³-hybridized carbons (Fsp3) is 0.538. The van der Waals surface area contributed by atoms with Gasteiger partial charge in [0, 0.05) is 11.6 Å². The van der Waals surface area contributed by atoms with Gasteiger partial charge in [0.1, 0.15) is 11.5 Å². The van der Waals surface area contributed by atoms with Crippen LogP contribution in [-0.4, -0.2) is 14.2 Å². The topological polar surface area (TPSA) is 56.5 Å². The summed E-state index contributed by atoms with van der Waals surface area (Å²) in [6.07, 6.45) is 3.75. The van der Waals surface area contributed by atoms with Crippen molar-refractivity contribution in [3.63, 3.8) is 0 Å². The Morgan fingerprint density at radius 1 is 1.29 bits per heavy atom. The number of nitrogens with two attached hydrogens (primary N) is 1. The molecule has 3 N–H and O–H groups in total. The van der Waals surface area contributed by atoms with Crippen molar-refractivity contribution in [1.82, 2.24) is 5.43 Å². The molecule has 0 heterocycles. The van der Waals surface area contributed by atoms with Gasteiger partial charge >= 0.3 is 0 Å². The largest absolute Gasteiger partial charge is 0.497 e. The maximum Gasteiger partial charge on any atom is 0.127 e. The zero-order valence-electron chi connectivity index (χ0n) is 10.4. The Morgan fingerprint density at radius 3 is 2.53 bits per heavy atom. The van der Waals surface area contributed by atoms with Gasteiger partial charge in [-0.2, -0.15) is 0 Å². The van der Waals surface area contributed by atoms with E-state index in [-0.39, 0.29) is 6.04 Å². The van der Waals surface area contributed by atoms with Gasteiger partial charge in [-0.05, 0) is 24.8 Å². The molecule has 1 aromatic rings. The van der Waals surface area contributed by atoms with Gasteiger partial charge in [-0.3, -0.25) is 11.3 Å². The van der Waals surface area contributed by atoms with Gasteiger partial charge < -0.3 is 9.47 Å². The quantitative estimate of drug-likeness (QED) is 0.606. The van der Waals surface area contributed by atoms with E-state index in [1.54, 1.807) is 14.2 Å². The summed E-state index contributed by atoms with van der Waals surface area (Å²) in [6.45, 7) is 0. The first-order chi connectivity index (χ1) is 8.30. The number of hydrazine groups is 1. The van der Waals surface area contributed by atoms with Crippen LogP contribution in [0.4, 0.5) is 0 Å². The van der Waals surface area contributed by atoms with Gasteiger partial charge in [-0.25, -0.2) is 0 Å². The monoisotopic (exact) mass is 236 g/mol. The first-order valence-electron chi connectivity index (χ1n) is 5.98. The van der Waals surface area contributed by atoms with Crippen LogP contribution in [0.5, 0.6) is 11.5 Å². The lowest BCUT2D eigenvalue weighted by Crippen LogP contribution is -2.36. The van der Waals surface area contributed by atoms with Crippen LogP contribution in [0.25, 0.3) is 0 Å². The van der Waals surface area contributed by atoms with Crippen LogP contribution >= 0.6 is 0 Å². The lowest BCUT2D eigenvalue weighted by Gasteiger charge is -2.34. The molecule has 2 rings (SSSR count). The molecule has 1 atom stereocenters. The predicted octanol–water partition coefficient (Wildman–Crippen LogP) is 2.01. The zero-order chi connectivity index (χ0) is 12.3. The molecule has 4 nitrogen and oxygen atoms in total. The molecule has 1 saturated carbocycles. The van der Waals surface area contributed by atoms with E-state index in [0.29, 0.717) is 5.92 Å². The van der Waals surface area contributed by atoms with Crippen LogP contribution in [0.2, 0.25) is 0 Å². The third-order valence-electron chi connectivity index (χ3n) is 3.58. The fourth-order valence-corrected chi connectivity index (χ4v) is 2.33. The summed E-state index contributed by atoms with van der Waals surface area (Å²) in [4.78, 5) is 0. The molecular weight excluding hydrogens is 216 g/mol.